The standard InChI is InChI=1S/C8H15NO2/c1-2-11-8(10)7-4-3-5-9-6-7/h7,9H,2-6H2,1H3/t7-/m1/s1/i8+2. The van der Waals surface area contributed by atoms with Gasteiger partial charge >= 0.3 is 5.97 Å². The molecule has 64 valence electrons. The highest BCUT2D eigenvalue weighted by Gasteiger charge is 2.21. The first-order valence-corrected chi connectivity index (χ1v) is 4.22. The normalized spacial score (nSPS) is 24.6. The molecule has 0 radical (unpaired) electrons. The zero-order valence-electron chi connectivity index (χ0n) is 6.93. The molecule has 1 N–H and O–H groups in total. The summed E-state index contributed by atoms with van der Waals surface area (Å²) in [6, 6.07) is 0. The Morgan fingerprint density at radius 3 is 3.09 bits per heavy atom. The van der Waals surface area contributed by atoms with Crippen molar-refractivity contribution in [2.24, 2.45) is 5.92 Å². The predicted octanol–water partition coefficient (Wildman–Crippen LogP) is 0.549. The van der Waals surface area contributed by atoms with Crippen molar-refractivity contribution in [2.75, 3.05) is 19.7 Å². The van der Waals surface area contributed by atoms with Crippen LogP contribution < -0.4 is 5.32 Å². The quantitative estimate of drug-likeness (QED) is 0.598. The Kier molecular flexibility index (Phi) is 3.36. The second-order valence-electron chi connectivity index (χ2n) is 2.80. The van der Waals surface area contributed by atoms with E-state index in [1.165, 1.54) is 0 Å². The van der Waals surface area contributed by atoms with E-state index < -0.39 is 0 Å². The lowest BCUT2D eigenvalue weighted by molar-refractivity contribution is -0.148. The van der Waals surface area contributed by atoms with Gasteiger partial charge in [-0.25, -0.2) is 0 Å². The lowest BCUT2D eigenvalue weighted by atomic mass is 10.1. The van der Waals surface area contributed by atoms with Crippen molar-refractivity contribution in [3.05, 3.63) is 0 Å². The number of carbonyl (C=O) groups is 1. The maximum absolute atomic E-state index is 11.1. The van der Waals surface area contributed by atoms with Crippen LogP contribution in [0.2, 0.25) is 0 Å². The summed E-state index contributed by atoms with van der Waals surface area (Å²) in [5, 5.41) is 3.17. The molecule has 1 heterocycles. The molecule has 0 aromatic rings. The SMILES string of the molecule is CCO[14C](=O)[C@@H]1CCCNC1. The van der Waals surface area contributed by atoms with Gasteiger partial charge in [-0.15, -0.1) is 0 Å². The van der Waals surface area contributed by atoms with Crippen molar-refractivity contribution in [3.8, 4) is 0 Å². The van der Waals surface area contributed by atoms with Crippen LogP contribution in [0.4, 0.5) is 0 Å². The first-order valence-electron chi connectivity index (χ1n) is 4.22. The van der Waals surface area contributed by atoms with Crippen LogP contribution in [-0.4, -0.2) is 25.7 Å². The molecule has 0 saturated carbocycles. The molecule has 3 heteroatoms. The lowest BCUT2D eigenvalue weighted by Crippen LogP contribution is -2.35. The van der Waals surface area contributed by atoms with E-state index in [9.17, 15) is 4.79 Å². The average molecular weight is 159 g/mol. The number of carbonyl (C=O) groups excluding carboxylic acids is 1. The molecule has 1 aliphatic rings. The van der Waals surface area contributed by atoms with Gasteiger partial charge in [0.25, 0.3) is 0 Å². The Morgan fingerprint density at radius 1 is 1.73 bits per heavy atom. The van der Waals surface area contributed by atoms with Gasteiger partial charge in [0.15, 0.2) is 0 Å². The summed E-state index contributed by atoms with van der Waals surface area (Å²) in [5.74, 6) is 0.0587. The molecule has 1 fully saturated rings. The number of hydrogen-bond acceptors (Lipinski definition) is 3. The van der Waals surface area contributed by atoms with Crippen molar-refractivity contribution in [1.29, 1.82) is 0 Å². The molecule has 1 saturated heterocycles. The molecule has 0 unspecified atom stereocenters. The number of nitrogens with one attached hydrogen (secondary N) is 1. The third-order valence-corrected chi connectivity index (χ3v) is 1.92. The predicted molar refractivity (Wildman–Crippen MR) is 42.2 cm³/mol. The first kappa shape index (κ1) is 8.53. The fraction of sp³-hybridized carbons (Fsp3) is 0.875. The Morgan fingerprint density at radius 2 is 2.55 bits per heavy atom. The van der Waals surface area contributed by atoms with Gasteiger partial charge in [0.05, 0.1) is 12.5 Å². The topological polar surface area (TPSA) is 38.3 Å². The molecule has 3 nitrogen and oxygen atoms in total. The maximum atomic E-state index is 11.1. The van der Waals surface area contributed by atoms with Crippen molar-refractivity contribution < 1.29 is 9.53 Å². The van der Waals surface area contributed by atoms with E-state index in [0.717, 1.165) is 25.9 Å². The van der Waals surface area contributed by atoms with Gasteiger partial charge in [-0.3, -0.25) is 4.79 Å². The number of esters is 1. The van der Waals surface area contributed by atoms with Gasteiger partial charge in [0, 0.05) is 6.54 Å². The maximum Gasteiger partial charge on any atom is 0.310 e. The second-order valence-corrected chi connectivity index (χ2v) is 2.80. The van der Waals surface area contributed by atoms with Gasteiger partial charge in [0.2, 0.25) is 0 Å². The molecule has 0 aromatic heterocycles. The molecule has 0 aliphatic carbocycles. The van der Waals surface area contributed by atoms with Crippen LogP contribution in [-0.2, 0) is 9.53 Å². The van der Waals surface area contributed by atoms with E-state index in [1.807, 2.05) is 6.92 Å². The first-order chi connectivity index (χ1) is 5.34. The van der Waals surface area contributed by atoms with E-state index in [1.54, 1.807) is 0 Å². The van der Waals surface area contributed by atoms with Crippen molar-refractivity contribution in [3.63, 3.8) is 0 Å². The van der Waals surface area contributed by atoms with E-state index in [0.29, 0.717) is 6.61 Å². The molecule has 1 aliphatic heterocycles. The minimum Gasteiger partial charge on any atom is -0.466 e. The highest BCUT2D eigenvalue weighted by atomic mass is 16.8. The summed E-state index contributed by atoms with van der Waals surface area (Å²) < 4.78 is 4.90. The molecular weight excluding hydrogens is 144 g/mol. The largest absolute Gasteiger partial charge is 0.466 e. The summed E-state index contributed by atoms with van der Waals surface area (Å²) in [6.07, 6.45) is 2.06. The Balaban J connectivity index is 2.27. The fourth-order valence-corrected chi connectivity index (χ4v) is 1.31. The summed E-state index contributed by atoms with van der Waals surface area (Å²) in [4.78, 5) is 11.1. The van der Waals surface area contributed by atoms with Crippen LogP contribution in [0.15, 0.2) is 0 Å². The highest BCUT2D eigenvalue weighted by molar-refractivity contribution is 5.72. The van der Waals surface area contributed by atoms with E-state index in [4.69, 9.17) is 4.74 Å². The third-order valence-electron chi connectivity index (χ3n) is 1.92. The van der Waals surface area contributed by atoms with Gasteiger partial charge in [-0.05, 0) is 26.3 Å². The summed E-state index contributed by atoms with van der Waals surface area (Å²) in [6.45, 7) is 4.16. The smallest absolute Gasteiger partial charge is 0.310 e. The van der Waals surface area contributed by atoms with Crippen molar-refractivity contribution in [2.45, 2.75) is 19.8 Å². The van der Waals surface area contributed by atoms with Crippen LogP contribution >= 0.6 is 0 Å². The molecule has 0 bridgehead atoms. The molecule has 0 spiro atoms. The zero-order valence-corrected chi connectivity index (χ0v) is 6.93. The van der Waals surface area contributed by atoms with E-state index in [-0.39, 0.29) is 11.9 Å². The van der Waals surface area contributed by atoms with Crippen LogP contribution in [0, 0.1) is 5.92 Å². The molecule has 0 amide bonds. The minimum absolute atomic E-state index is 0.0419. The van der Waals surface area contributed by atoms with Crippen LogP contribution in [0.1, 0.15) is 19.8 Å². The summed E-state index contributed by atoms with van der Waals surface area (Å²) in [7, 11) is 0. The van der Waals surface area contributed by atoms with E-state index >= 15 is 0 Å². The molecule has 1 atom stereocenters. The minimum atomic E-state index is -0.0419. The Labute approximate surface area is 67.1 Å². The zero-order chi connectivity index (χ0) is 8.10. The number of hydrogen-bond donors (Lipinski definition) is 1. The fourth-order valence-electron chi connectivity index (χ4n) is 1.31. The van der Waals surface area contributed by atoms with Crippen molar-refractivity contribution >= 4 is 5.97 Å². The second kappa shape index (κ2) is 4.34. The monoisotopic (exact) mass is 159 g/mol. The molecule has 11 heavy (non-hydrogen) atoms. The van der Waals surface area contributed by atoms with Gasteiger partial charge in [-0.2, -0.15) is 0 Å². The molecule has 0 aromatic carbocycles. The molecular formula is C8H15NO2. The van der Waals surface area contributed by atoms with Crippen LogP contribution in [0.25, 0.3) is 0 Å². The van der Waals surface area contributed by atoms with Gasteiger partial charge in [-0.1, -0.05) is 0 Å². The van der Waals surface area contributed by atoms with E-state index in [2.05, 4.69) is 5.32 Å². The summed E-state index contributed by atoms with van der Waals surface area (Å²) >= 11 is 0. The van der Waals surface area contributed by atoms with Gasteiger partial charge < -0.3 is 10.1 Å². The Hall–Kier alpha value is -0.570. The summed E-state index contributed by atoms with van der Waals surface area (Å²) in [5.41, 5.74) is 0. The number of ether oxygens (including phenoxy) is 1. The highest BCUT2D eigenvalue weighted by Crippen LogP contribution is 2.11. The van der Waals surface area contributed by atoms with Crippen LogP contribution in [0.3, 0.4) is 0 Å². The lowest BCUT2D eigenvalue weighted by Gasteiger charge is -2.20. The Bertz CT molecular complexity index is 130. The number of piperidine rings is 1. The molecule has 1 rings (SSSR count). The van der Waals surface area contributed by atoms with Crippen molar-refractivity contribution in [1.82, 2.24) is 5.32 Å². The van der Waals surface area contributed by atoms with Crippen LogP contribution in [0.5, 0.6) is 0 Å². The number of rotatable bonds is 2. The third kappa shape index (κ3) is 2.50. The average Bonchev–Trinajstić information content (AvgIpc) is 2.07. The van der Waals surface area contributed by atoms with Gasteiger partial charge in [0.1, 0.15) is 0 Å².